The fourth-order valence-corrected chi connectivity index (χ4v) is 4.79. The standard InChI is InChI=1S/C37H47N3O6/c1-26(2)23-31(38-33(41)30(40-36(44)46-37(3,4)5)22-21-27-15-9-6-10-16-27)34(42)39-32(24-28-17-11-7-12-18-28)35(43)45-25-29-19-13-8-14-20-29/h6-20,26,30-32H,21-25H2,1-5H3,(H,38,41)(H,39,42)(H,40,44)/t30?,31?,32-/m0/s1. The zero-order chi connectivity index (χ0) is 33.5. The molecule has 3 amide bonds. The van der Waals surface area contributed by atoms with Crippen molar-refractivity contribution in [2.24, 2.45) is 5.92 Å². The molecule has 3 atom stereocenters. The summed E-state index contributed by atoms with van der Waals surface area (Å²) in [7, 11) is 0. The molecule has 3 aromatic rings. The molecule has 0 spiro atoms. The molecule has 3 N–H and O–H groups in total. The molecule has 0 saturated heterocycles. The number of benzene rings is 3. The lowest BCUT2D eigenvalue weighted by atomic mass is 10.00. The summed E-state index contributed by atoms with van der Waals surface area (Å²) in [6.45, 7) is 9.16. The van der Waals surface area contributed by atoms with Crippen molar-refractivity contribution in [3.63, 3.8) is 0 Å². The van der Waals surface area contributed by atoms with Crippen LogP contribution in [0, 0.1) is 5.92 Å². The number of hydrogen-bond acceptors (Lipinski definition) is 6. The van der Waals surface area contributed by atoms with Crippen LogP contribution >= 0.6 is 0 Å². The summed E-state index contributed by atoms with van der Waals surface area (Å²) in [5, 5.41) is 8.37. The van der Waals surface area contributed by atoms with Gasteiger partial charge in [-0.15, -0.1) is 0 Å². The van der Waals surface area contributed by atoms with E-state index in [0.717, 1.165) is 16.7 Å². The van der Waals surface area contributed by atoms with E-state index < -0.39 is 47.6 Å². The third-order valence-corrected chi connectivity index (χ3v) is 7.02. The summed E-state index contributed by atoms with van der Waals surface area (Å²) in [6.07, 6.45) is 0.597. The van der Waals surface area contributed by atoms with Crippen molar-refractivity contribution >= 4 is 23.9 Å². The second-order valence-electron chi connectivity index (χ2n) is 12.8. The minimum Gasteiger partial charge on any atom is -0.459 e. The Bertz CT molecular complexity index is 1390. The summed E-state index contributed by atoms with van der Waals surface area (Å²) in [6, 6.07) is 25.3. The predicted octanol–water partition coefficient (Wildman–Crippen LogP) is 5.51. The lowest BCUT2D eigenvalue weighted by Gasteiger charge is -2.27. The highest BCUT2D eigenvalue weighted by atomic mass is 16.6. The first-order valence-electron chi connectivity index (χ1n) is 15.8. The zero-order valence-corrected chi connectivity index (χ0v) is 27.5. The molecule has 0 aliphatic carbocycles. The van der Waals surface area contributed by atoms with E-state index >= 15 is 0 Å². The predicted molar refractivity (Wildman–Crippen MR) is 178 cm³/mol. The first kappa shape index (κ1) is 35.8. The molecule has 246 valence electrons. The third kappa shape index (κ3) is 13.1. The van der Waals surface area contributed by atoms with Gasteiger partial charge in [-0.25, -0.2) is 9.59 Å². The van der Waals surface area contributed by atoms with Gasteiger partial charge in [0.15, 0.2) is 0 Å². The number of ether oxygens (including phenoxy) is 2. The molecule has 0 saturated carbocycles. The van der Waals surface area contributed by atoms with E-state index in [4.69, 9.17) is 9.47 Å². The fraction of sp³-hybridized carbons (Fsp3) is 0.405. The fourth-order valence-electron chi connectivity index (χ4n) is 4.79. The first-order chi connectivity index (χ1) is 21.9. The van der Waals surface area contributed by atoms with Crippen LogP contribution in [0.5, 0.6) is 0 Å². The largest absolute Gasteiger partial charge is 0.459 e. The van der Waals surface area contributed by atoms with Crippen LogP contribution in [0.2, 0.25) is 0 Å². The smallest absolute Gasteiger partial charge is 0.408 e. The number of carbonyl (C=O) groups excluding carboxylic acids is 4. The maximum Gasteiger partial charge on any atom is 0.408 e. The van der Waals surface area contributed by atoms with Crippen LogP contribution in [0.1, 0.15) is 64.2 Å². The number of nitrogens with one attached hydrogen (secondary N) is 3. The van der Waals surface area contributed by atoms with Gasteiger partial charge in [0.2, 0.25) is 11.8 Å². The van der Waals surface area contributed by atoms with Gasteiger partial charge < -0.3 is 25.4 Å². The molecule has 0 aromatic heterocycles. The molecular formula is C37H47N3O6. The van der Waals surface area contributed by atoms with E-state index in [9.17, 15) is 19.2 Å². The third-order valence-electron chi connectivity index (χ3n) is 7.02. The molecule has 0 heterocycles. The molecule has 0 aliphatic rings. The molecule has 2 unspecified atom stereocenters. The maximum atomic E-state index is 13.8. The van der Waals surface area contributed by atoms with Crippen molar-refractivity contribution in [1.29, 1.82) is 0 Å². The van der Waals surface area contributed by atoms with Gasteiger partial charge in [-0.3, -0.25) is 9.59 Å². The first-order valence-corrected chi connectivity index (χ1v) is 15.8. The number of hydrogen-bond donors (Lipinski definition) is 3. The van der Waals surface area contributed by atoms with Gasteiger partial charge in [0, 0.05) is 6.42 Å². The Morgan fingerprint density at radius 3 is 1.70 bits per heavy atom. The van der Waals surface area contributed by atoms with E-state index in [1.807, 2.05) is 105 Å². The van der Waals surface area contributed by atoms with E-state index in [0.29, 0.717) is 12.8 Å². The van der Waals surface area contributed by atoms with E-state index in [-0.39, 0.29) is 25.4 Å². The molecule has 3 rings (SSSR count). The minimum atomic E-state index is -0.987. The van der Waals surface area contributed by atoms with Crippen molar-refractivity contribution in [2.45, 2.75) is 90.6 Å². The summed E-state index contributed by atoms with van der Waals surface area (Å²) in [4.78, 5) is 53.4. The highest BCUT2D eigenvalue weighted by molar-refractivity contribution is 5.93. The van der Waals surface area contributed by atoms with Gasteiger partial charge in [0.05, 0.1) is 0 Å². The van der Waals surface area contributed by atoms with Gasteiger partial charge in [0.25, 0.3) is 0 Å². The van der Waals surface area contributed by atoms with Crippen molar-refractivity contribution in [1.82, 2.24) is 16.0 Å². The molecule has 9 nitrogen and oxygen atoms in total. The van der Waals surface area contributed by atoms with Gasteiger partial charge in [-0.1, -0.05) is 105 Å². The minimum absolute atomic E-state index is 0.0373. The molecule has 0 aliphatic heterocycles. The molecular weight excluding hydrogens is 582 g/mol. The zero-order valence-electron chi connectivity index (χ0n) is 27.5. The Labute approximate surface area is 272 Å². The van der Waals surface area contributed by atoms with Gasteiger partial charge in [-0.05, 0) is 62.6 Å². The van der Waals surface area contributed by atoms with E-state index in [1.165, 1.54) is 0 Å². The molecule has 0 fully saturated rings. The molecule has 46 heavy (non-hydrogen) atoms. The van der Waals surface area contributed by atoms with Crippen LogP contribution < -0.4 is 16.0 Å². The highest BCUT2D eigenvalue weighted by Crippen LogP contribution is 2.13. The van der Waals surface area contributed by atoms with E-state index in [1.54, 1.807) is 20.8 Å². The van der Waals surface area contributed by atoms with Gasteiger partial charge in [0.1, 0.15) is 30.3 Å². The average molecular weight is 630 g/mol. The topological polar surface area (TPSA) is 123 Å². The Hall–Kier alpha value is -4.66. The normalized spacial score (nSPS) is 13.2. The number of carbonyl (C=O) groups is 4. The van der Waals surface area contributed by atoms with Crippen LogP contribution in [0.3, 0.4) is 0 Å². The molecule has 0 bridgehead atoms. The Morgan fingerprint density at radius 2 is 1.15 bits per heavy atom. The lowest BCUT2D eigenvalue weighted by Crippen LogP contribution is -2.56. The average Bonchev–Trinajstić information content (AvgIpc) is 3.01. The summed E-state index contributed by atoms with van der Waals surface area (Å²) >= 11 is 0. The maximum absolute atomic E-state index is 13.8. The van der Waals surface area contributed by atoms with Crippen LogP contribution in [-0.2, 0) is 43.3 Å². The van der Waals surface area contributed by atoms with Crippen molar-refractivity contribution in [3.8, 4) is 0 Å². The van der Waals surface area contributed by atoms with Crippen LogP contribution in [0.25, 0.3) is 0 Å². The monoisotopic (exact) mass is 629 g/mol. The lowest BCUT2D eigenvalue weighted by molar-refractivity contribution is -0.149. The van der Waals surface area contributed by atoms with Gasteiger partial charge >= 0.3 is 12.1 Å². The molecule has 3 aromatic carbocycles. The quantitative estimate of drug-likeness (QED) is 0.191. The van der Waals surface area contributed by atoms with Crippen LogP contribution in [0.15, 0.2) is 91.0 Å². The SMILES string of the molecule is CC(C)CC(NC(=O)C(CCc1ccccc1)NC(=O)OC(C)(C)C)C(=O)N[C@@H](Cc1ccccc1)C(=O)OCc1ccccc1. The Kier molecular flexibility index (Phi) is 13.8. The number of rotatable bonds is 15. The van der Waals surface area contributed by atoms with Gasteiger partial charge in [-0.2, -0.15) is 0 Å². The summed E-state index contributed by atoms with van der Waals surface area (Å²) in [5.74, 6) is -1.58. The molecule has 9 heteroatoms. The second kappa shape index (κ2) is 17.7. The van der Waals surface area contributed by atoms with Crippen molar-refractivity contribution < 1.29 is 28.7 Å². The number of aryl methyl sites for hydroxylation is 1. The second-order valence-corrected chi connectivity index (χ2v) is 12.8. The number of amides is 3. The van der Waals surface area contributed by atoms with Crippen molar-refractivity contribution in [2.75, 3.05) is 0 Å². The Morgan fingerprint density at radius 1 is 0.652 bits per heavy atom. The summed E-state index contributed by atoms with van der Waals surface area (Å²) < 4.78 is 11.0. The highest BCUT2D eigenvalue weighted by Gasteiger charge is 2.31. The number of esters is 1. The van der Waals surface area contributed by atoms with E-state index in [2.05, 4.69) is 16.0 Å². The van der Waals surface area contributed by atoms with Crippen molar-refractivity contribution in [3.05, 3.63) is 108 Å². The van der Waals surface area contributed by atoms with Crippen LogP contribution in [-0.4, -0.2) is 47.6 Å². The summed E-state index contributed by atoms with van der Waals surface area (Å²) in [5.41, 5.74) is 1.91. The van der Waals surface area contributed by atoms with Crippen LogP contribution in [0.4, 0.5) is 4.79 Å². The number of alkyl carbamates (subject to hydrolysis) is 1. The Balaban J connectivity index is 1.77. The molecule has 0 radical (unpaired) electrons.